The molecule has 4 aromatic rings. The maximum atomic E-state index is 15.0. The first kappa shape index (κ1) is 22.9. The first-order chi connectivity index (χ1) is 17.3. The van der Waals surface area contributed by atoms with Crippen molar-refractivity contribution in [3.63, 3.8) is 0 Å². The van der Waals surface area contributed by atoms with Gasteiger partial charge in [-0.3, -0.25) is 4.90 Å². The van der Waals surface area contributed by atoms with Crippen molar-refractivity contribution in [1.82, 2.24) is 39.5 Å². The summed E-state index contributed by atoms with van der Waals surface area (Å²) in [7, 11) is 0. The number of rotatable bonds is 6. The van der Waals surface area contributed by atoms with E-state index in [0.29, 0.717) is 48.5 Å². The molecule has 190 valence electrons. The average Bonchev–Trinajstić information content (AvgIpc) is 3.43. The zero-order chi connectivity index (χ0) is 25.0. The molecule has 11 nitrogen and oxygen atoms in total. The van der Waals surface area contributed by atoms with Gasteiger partial charge in [0.1, 0.15) is 23.7 Å². The standard InChI is InChI=1S/C22H25F3N10O/c1-22(10-36-11-22)33-6-5-15(13(23)8-33)28-21-29-19(26)18-12(4-7-34(18)31-21)14-2-3-16-20(27-14)35(32-30-16)9-17(24)25/h2-4,7,13,15,17H,5-6,8-11H2,1H3,(H3,26,28,29,31). The van der Waals surface area contributed by atoms with Gasteiger partial charge in [0.2, 0.25) is 5.95 Å². The van der Waals surface area contributed by atoms with Crippen LogP contribution in [-0.4, -0.2) is 90.0 Å². The number of nitrogen functional groups attached to an aromatic ring is 1. The van der Waals surface area contributed by atoms with Crippen LogP contribution in [0.25, 0.3) is 27.9 Å². The Balaban J connectivity index is 1.25. The van der Waals surface area contributed by atoms with E-state index in [1.165, 1.54) is 0 Å². The van der Waals surface area contributed by atoms with Gasteiger partial charge in [-0.1, -0.05) is 5.21 Å². The van der Waals surface area contributed by atoms with E-state index in [1.807, 2.05) is 0 Å². The quantitative estimate of drug-likeness (QED) is 0.407. The molecule has 0 bridgehead atoms. The van der Waals surface area contributed by atoms with Crippen molar-refractivity contribution in [2.75, 3.05) is 37.4 Å². The van der Waals surface area contributed by atoms with Crippen LogP contribution < -0.4 is 11.1 Å². The van der Waals surface area contributed by atoms with E-state index in [1.54, 1.807) is 28.9 Å². The van der Waals surface area contributed by atoms with Crippen LogP contribution in [0.4, 0.5) is 24.9 Å². The summed E-state index contributed by atoms with van der Waals surface area (Å²) in [6, 6.07) is 4.69. The number of halogens is 3. The summed E-state index contributed by atoms with van der Waals surface area (Å²) in [6.45, 7) is 3.79. The second-order valence-electron chi connectivity index (χ2n) is 9.54. The van der Waals surface area contributed by atoms with E-state index < -0.39 is 25.2 Å². The number of nitrogens with one attached hydrogen (secondary N) is 1. The van der Waals surface area contributed by atoms with Crippen molar-refractivity contribution in [3.05, 3.63) is 24.4 Å². The van der Waals surface area contributed by atoms with Gasteiger partial charge in [-0.05, 0) is 31.5 Å². The fourth-order valence-electron chi connectivity index (χ4n) is 4.88. The minimum Gasteiger partial charge on any atom is -0.382 e. The molecule has 2 unspecified atom stereocenters. The van der Waals surface area contributed by atoms with Crippen molar-refractivity contribution in [2.24, 2.45) is 0 Å². The van der Waals surface area contributed by atoms with Gasteiger partial charge in [0.05, 0.1) is 30.5 Å². The predicted octanol–water partition coefficient (Wildman–Crippen LogP) is 2.00. The number of nitrogens with two attached hydrogens (primary N) is 1. The summed E-state index contributed by atoms with van der Waals surface area (Å²) in [5.41, 5.74) is 8.46. The highest BCUT2D eigenvalue weighted by atomic mass is 19.3. The molecule has 6 heterocycles. The summed E-state index contributed by atoms with van der Waals surface area (Å²) in [5.74, 6) is 0.407. The lowest BCUT2D eigenvalue weighted by Crippen LogP contribution is -2.64. The molecule has 2 aliphatic heterocycles. The van der Waals surface area contributed by atoms with Crippen LogP contribution in [0.2, 0.25) is 0 Å². The molecule has 36 heavy (non-hydrogen) atoms. The van der Waals surface area contributed by atoms with Gasteiger partial charge in [0.25, 0.3) is 6.43 Å². The Kier molecular flexibility index (Phi) is 5.44. The summed E-state index contributed by atoms with van der Waals surface area (Å²) >= 11 is 0. The van der Waals surface area contributed by atoms with Crippen LogP contribution in [0.3, 0.4) is 0 Å². The Labute approximate surface area is 203 Å². The molecular weight excluding hydrogens is 477 g/mol. The van der Waals surface area contributed by atoms with Crippen molar-refractivity contribution in [2.45, 2.75) is 44.1 Å². The lowest BCUT2D eigenvalue weighted by molar-refractivity contribution is -0.142. The highest BCUT2D eigenvalue weighted by Gasteiger charge is 2.43. The Morgan fingerprint density at radius 2 is 2.08 bits per heavy atom. The number of likely N-dealkylation sites (tertiary alicyclic amines) is 1. The van der Waals surface area contributed by atoms with E-state index in [9.17, 15) is 8.78 Å². The third-order valence-electron chi connectivity index (χ3n) is 6.93. The predicted molar refractivity (Wildman–Crippen MR) is 125 cm³/mol. The number of alkyl halides is 3. The molecule has 0 aromatic carbocycles. The van der Waals surface area contributed by atoms with Gasteiger partial charge in [-0.15, -0.1) is 10.2 Å². The zero-order valence-corrected chi connectivity index (χ0v) is 19.5. The van der Waals surface area contributed by atoms with Crippen molar-refractivity contribution in [1.29, 1.82) is 0 Å². The molecule has 0 aliphatic carbocycles. The van der Waals surface area contributed by atoms with Crippen molar-refractivity contribution in [3.8, 4) is 11.3 Å². The van der Waals surface area contributed by atoms with Gasteiger partial charge in [-0.25, -0.2) is 27.4 Å². The summed E-state index contributed by atoms with van der Waals surface area (Å²) in [4.78, 5) is 11.0. The number of anilines is 2. The molecule has 0 spiro atoms. The minimum atomic E-state index is -2.59. The summed E-state index contributed by atoms with van der Waals surface area (Å²) in [6.07, 6.45) is -1.39. The molecule has 0 saturated carbocycles. The lowest BCUT2D eigenvalue weighted by atomic mass is 9.92. The van der Waals surface area contributed by atoms with Crippen molar-refractivity contribution < 1.29 is 17.9 Å². The van der Waals surface area contributed by atoms with Crippen LogP contribution in [0.1, 0.15) is 13.3 Å². The van der Waals surface area contributed by atoms with Crippen LogP contribution in [-0.2, 0) is 11.3 Å². The van der Waals surface area contributed by atoms with E-state index >= 15 is 4.39 Å². The second-order valence-corrected chi connectivity index (χ2v) is 9.54. The molecule has 14 heteroatoms. The monoisotopic (exact) mass is 502 g/mol. The van der Waals surface area contributed by atoms with Crippen LogP contribution >= 0.6 is 0 Å². The fraction of sp³-hybridized carbons (Fsp3) is 0.500. The maximum Gasteiger partial charge on any atom is 0.258 e. The van der Waals surface area contributed by atoms with E-state index in [4.69, 9.17) is 10.5 Å². The first-order valence-electron chi connectivity index (χ1n) is 11.7. The van der Waals surface area contributed by atoms with Gasteiger partial charge < -0.3 is 15.8 Å². The third-order valence-corrected chi connectivity index (χ3v) is 6.93. The number of aromatic nitrogens is 7. The van der Waals surface area contributed by atoms with Gasteiger partial charge in [-0.2, -0.15) is 4.98 Å². The number of hydrogen-bond acceptors (Lipinski definition) is 9. The lowest BCUT2D eigenvalue weighted by Gasteiger charge is -2.50. The number of fused-ring (bicyclic) bond motifs is 2. The second kappa shape index (κ2) is 8.55. The van der Waals surface area contributed by atoms with E-state index in [0.717, 1.165) is 11.2 Å². The maximum absolute atomic E-state index is 15.0. The topological polar surface area (TPSA) is 124 Å². The van der Waals surface area contributed by atoms with Gasteiger partial charge in [0, 0.05) is 24.8 Å². The number of hydrogen-bond donors (Lipinski definition) is 2. The molecule has 2 atom stereocenters. The fourth-order valence-corrected chi connectivity index (χ4v) is 4.88. The first-order valence-corrected chi connectivity index (χ1v) is 11.7. The summed E-state index contributed by atoms with van der Waals surface area (Å²) in [5, 5.41) is 15.2. The van der Waals surface area contributed by atoms with Crippen LogP contribution in [0.15, 0.2) is 24.4 Å². The van der Waals surface area contributed by atoms with Gasteiger partial charge >= 0.3 is 0 Å². The highest BCUT2D eigenvalue weighted by Crippen LogP contribution is 2.31. The molecule has 2 fully saturated rings. The Hall–Kier alpha value is -3.52. The molecule has 6 rings (SSSR count). The third kappa shape index (κ3) is 3.89. The molecule has 3 N–H and O–H groups in total. The molecule has 0 amide bonds. The van der Waals surface area contributed by atoms with Crippen molar-refractivity contribution >= 4 is 28.4 Å². The minimum absolute atomic E-state index is 0.0963. The normalized spacial score (nSPS) is 22.4. The number of pyridine rings is 1. The molecule has 2 saturated heterocycles. The zero-order valence-electron chi connectivity index (χ0n) is 19.5. The smallest absolute Gasteiger partial charge is 0.258 e. The van der Waals surface area contributed by atoms with Gasteiger partial charge in [0.15, 0.2) is 11.5 Å². The SMILES string of the molecule is CC1(N2CCC(Nc3nc(N)c4c(-c5ccc6nnn(CC(F)F)c6n5)ccn4n3)C(F)C2)COC1. The number of piperidine rings is 1. The average molecular weight is 503 g/mol. The largest absolute Gasteiger partial charge is 0.382 e. The van der Waals surface area contributed by atoms with Crippen LogP contribution in [0.5, 0.6) is 0 Å². The Morgan fingerprint density at radius 1 is 1.25 bits per heavy atom. The van der Waals surface area contributed by atoms with Crippen LogP contribution in [0, 0.1) is 0 Å². The molecule has 2 aliphatic rings. The Morgan fingerprint density at radius 3 is 2.81 bits per heavy atom. The van der Waals surface area contributed by atoms with E-state index in [2.05, 4.69) is 42.5 Å². The summed E-state index contributed by atoms with van der Waals surface area (Å²) < 4.78 is 48.7. The molecule has 0 radical (unpaired) electrons. The van der Waals surface area contributed by atoms with E-state index in [-0.39, 0.29) is 23.0 Å². The Bertz CT molecular complexity index is 1420. The molecular formula is C22H25F3N10O. The highest BCUT2D eigenvalue weighted by molar-refractivity contribution is 5.88. The number of nitrogens with zero attached hydrogens (tertiary/aromatic N) is 8. The molecule has 4 aromatic heterocycles. The number of ether oxygens (including phenoxy) is 1.